The van der Waals surface area contributed by atoms with E-state index >= 15 is 0 Å². The summed E-state index contributed by atoms with van der Waals surface area (Å²) < 4.78 is 5.55. The molecule has 1 aromatic carbocycles. The number of anilines is 1. The van der Waals surface area contributed by atoms with Crippen LogP contribution in [0.15, 0.2) is 30.3 Å². The minimum Gasteiger partial charge on any atom is -0.494 e. The highest BCUT2D eigenvalue weighted by molar-refractivity contribution is 6.35. The summed E-state index contributed by atoms with van der Waals surface area (Å²) in [5.74, 6) is 0.370. The molecular weight excluding hydrogens is 323 g/mol. The van der Waals surface area contributed by atoms with Gasteiger partial charge in [0, 0.05) is 5.69 Å². The molecular formula is C16H16Cl2N2O2. The SMILES string of the molecule is CCCOc1ccc(NC(=O)c2nc(Cl)ccc2Cl)c(C)c1. The van der Waals surface area contributed by atoms with Crippen LogP contribution in [-0.4, -0.2) is 17.5 Å². The summed E-state index contributed by atoms with van der Waals surface area (Å²) in [6.45, 7) is 4.60. The van der Waals surface area contributed by atoms with Crippen LogP contribution in [0.25, 0.3) is 0 Å². The van der Waals surface area contributed by atoms with Crippen LogP contribution in [0.2, 0.25) is 10.2 Å². The van der Waals surface area contributed by atoms with Gasteiger partial charge in [-0.2, -0.15) is 0 Å². The highest BCUT2D eigenvalue weighted by Gasteiger charge is 2.14. The maximum absolute atomic E-state index is 12.2. The number of pyridine rings is 1. The van der Waals surface area contributed by atoms with Gasteiger partial charge in [0.05, 0.1) is 11.6 Å². The van der Waals surface area contributed by atoms with Gasteiger partial charge in [-0.05, 0) is 49.2 Å². The number of benzene rings is 1. The van der Waals surface area contributed by atoms with Crippen molar-refractivity contribution in [1.82, 2.24) is 4.98 Å². The molecule has 0 bridgehead atoms. The van der Waals surface area contributed by atoms with Crippen molar-refractivity contribution in [2.45, 2.75) is 20.3 Å². The van der Waals surface area contributed by atoms with E-state index in [1.165, 1.54) is 6.07 Å². The summed E-state index contributed by atoms with van der Waals surface area (Å²) in [5.41, 5.74) is 1.66. The van der Waals surface area contributed by atoms with E-state index in [4.69, 9.17) is 27.9 Å². The van der Waals surface area contributed by atoms with Crippen molar-refractivity contribution in [1.29, 1.82) is 0 Å². The zero-order chi connectivity index (χ0) is 16.1. The average molecular weight is 339 g/mol. The zero-order valence-electron chi connectivity index (χ0n) is 12.3. The number of nitrogens with one attached hydrogen (secondary N) is 1. The lowest BCUT2D eigenvalue weighted by molar-refractivity contribution is 0.102. The molecule has 1 heterocycles. The molecule has 4 nitrogen and oxygen atoms in total. The summed E-state index contributed by atoms with van der Waals surface area (Å²) in [4.78, 5) is 16.2. The topological polar surface area (TPSA) is 51.2 Å². The Morgan fingerprint density at radius 1 is 1.27 bits per heavy atom. The van der Waals surface area contributed by atoms with Crippen molar-refractivity contribution in [2.24, 2.45) is 0 Å². The molecule has 2 rings (SSSR count). The summed E-state index contributed by atoms with van der Waals surface area (Å²) in [6, 6.07) is 8.55. The Labute approximate surface area is 139 Å². The molecule has 0 fully saturated rings. The first-order valence-electron chi connectivity index (χ1n) is 6.88. The smallest absolute Gasteiger partial charge is 0.275 e. The van der Waals surface area contributed by atoms with Crippen molar-refractivity contribution in [3.8, 4) is 5.75 Å². The Balaban J connectivity index is 2.16. The maximum atomic E-state index is 12.2. The van der Waals surface area contributed by atoms with E-state index in [-0.39, 0.29) is 15.9 Å². The van der Waals surface area contributed by atoms with Gasteiger partial charge in [0.15, 0.2) is 0 Å². The summed E-state index contributed by atoms with van der Waals surface area (Å²) in [5, 5.41) is 3.25. The standard InChI is InChI=1S/C16H16Cl2N2O2/c1-3-8-22-11-4-6-13(10(2)9-11)19-16(21)15-12(17)5-7-14(18)20-15/h4-7,9H,3,8H2,1-2H3,(H,19,21). The van der Waals surface area contributed by atoms with Gasteiger partial charge in [0.2, 0.25) is 0 Å². The monoisotopic (exact) mass is 338 g/mol. The number of nitrogens with zero attached hydrogens (tertiary/aromatic N) is 1. The molecule has 0 aliphatic heterocycles. The van der Waals surface area contributed by atoms with Crippen LogP contribution in [0.1, 0.15) is 29.4 Å². The zero-order valence-corrected chi connectivity index (χ0v) is 13.8. The first-order valence-corrected chi connectivity index (χ1v) is 7.63. The fourth-order valence-electron chi connectivity index (χ4n) is 1.85. The van der Waals surface area contributed by atoms with E-state index in [0.717, 1.165) is 17.7 Å². The number of hydrogen-bond acceptors (Lipinski definition) is 3. The molecule has 6 heteroatoms. The largest absolute Gasteiger partial charge is 0.494 e. The van der Waals surface area contributed by atoms with Gasteiger partial charge < -0.3 is 10.1 Å². The highest BCUT2D eigenvalue weighted by Crippen LogP contribution is 2.23. The quantitative estimate of drug-likeness (QED) is 0.801. The predicted octanol–water partition coefficient (Wildman–Crippen LogP) is 4.74. The van der Waals surface area contributed by atoms with E-state index in [1.807, 2.05) is 26.0 Å². The fraction of sp³-hybridized carbons (Fsp3) is 0.250. The maximum Gasteiger partial charge on any atom is 0.275 e. The van der Waals surface area contributed by atoms with Crippen LogP contribution in [0.5, 0.6) is 5.75 Å². The Morgan fingerprint density at radius 3 is 2.73 bits per heavy atom. The molecule has 0 aliphatic carbocycles. The second kappa shape index (κ2) is 7.47. The number of carbonyl (C=O) groups is 1. The Bertz CT molecular complexity index is 690. The third-order valence-corrected chi connectivity index (χ3v) is 3.46. The highest BCUT2D eigenvalue weighted by atomic mass is 35.5. The first kappa shape index (κ1) is 16.6. The third kappa shape index (κ3) is 4.12. The van der Waals surface area contributed by atoms with E-state index in [0.29, 0.717) is 12.3 Å². The number of aromatic nitrogens is 1. The summed E-state index contributed by atoms with van der Waals surface area (Å²) in [6.07, 6.45) is 0.941. The number of halogens is 2. The second-order valence-corrected chi connectivity index (χ2v) is 5.54. The Hall–Kier alpha value is -1.78. The van der Waals surface area contributed by atoms with Crippen molar-refractivity contribution in [2.75, 3.05) is 11.9 Å². The Kier molecular flexibility index (Phi) is 5.63. The van der Waals surface area contributed by atoms with Crippen LogP contribution < -0.4 is 10.1 Å². The van der Waals surface area contributed by atoms with Crippen LogP contribution in [0, 0.1) is 6.92 Å². The Morgan fingerprint density at radius 2 is 2.05 bits per heavy atom. The van der Waals surface area contributed by atoms with Crippen molar-refractivity contribution in [3.63, 3.8) is 0 Å². The number of amides is 1. The molecule has 0 spiro atoms. The van der Waals surface area contributed by atoms with Gasteiger partial charge in [-0.25, -0.2) is 4.98 Å². The minimum atomic E-state index is -0.405. The number of hydrogen-bond donors (Lipinski definition) is 1. The van der Waals surface area contributed by atoms with Crippen LogP contribution in [0.4, 0.5) is 5.69 Å². The molecule has 1 amide bonds. The summed E-state index contributed by atoms with van der Waals surface area (Å²) >= 11 is 11.8. The van der Waals surface area contributed by atoms with E-state index in [2.05, 4.69) is 10.3 Å². The molecule has 0 saturated carbocycles. The fourth-order valence-corrected chi connectivity index (χ4v) is 2.18. The van der Waals surface area contributed by atoms with Gasteiger partial charge in [-0.1, -0.05) is 30.1 Å². The molecule has 1 N–H and O–H groups in total. The lowest BCUT2D eigenvalue weighted by Crippen LogP contribution is -2.15. The van der Waals surface area contributed by atoms with Gasteiger partial charge in [0.1, 0.15) is 16.6 Å². The normalized spacial score (nSPS) is 10.4. The van der Waals surface area contributed by atoms with Gasteiger partial charge in [-0.3, -0.25) is 4.79 Å². The number of carbonyl (C=O) groups excluding carboxylic acids is 1. The van der Waals surface area contributed by atoms with Gasteiger partial charge in [-0.15, -0.1) is 0 Å². The molecule has 0 saturated heterocycles. The van der Waals surface area contributed by atoms with Gasteiger partial charge in [0.25, 0.3) is 5.91 Å². The van der Waals surface area contributed by atoms with E-state index < -0.39 is 5.91 Å². The molecule has 0 atom stereocenters. The predicted molar refractivity (Wildman–Crippen MR) is 89.2 cm³/mol. The van der Waals surface area contributed by atoms with Crippen molar-refractivity contribution >= 4 is 34.8 Å². The van der Waals surface area contributed by atoms with Crippen LogP contribution in [-0.2, 0) is 0 Å². The van der Waals surface area contributed by atoms with Crippen LogP contribution in [0.3, 0.4) is 0 Å². The molecule has 22 heavy (non-hydrogen) atoms. The van der Waals surface area contributed by atoms with Crippen molar-refractivity contribution in [3.05, 3.63) is 51.8 Å². The lowest BCUT2D eigenvalue weighted by atomic mass is 10.2. The summed E-state index contributed by atoms with van der Waals surface area (Å²) in [7, 11) is 0. The van der Waals surface area contributed by atoms with Crippen LogP contribution >= 0.6 is 23.2 Å². The van der Waals surface area contributed by atoms with E-state index in [1.54, 1.807) is 12.1 Å². The number of ether oxygens (including phenoxy) is 1. The first-order chi connectivity index (χ1) is 10.5. The lowest BCUT2D eigenvalue weighted by Gasteiger charge is -2.11. The molecule has 0 unspecified atom stereocenters. The van der Waals surface area contributed by atoms with Crippen molar-refractivity contribution < 1.29 is 9.53 Å². The number of aryl methyl sites for hydroxylation is 1. The molecule has 116 valence electrons. The average Bonchev–Trinajstić information content (AvgIpc) is 2.50. The second-order valence-electron chi connectivity index (χ2n) is 4.74. The molecule has 0 radical (unpaired) electrons. The minimum absolute atomic E-state index is 0.0971. The van der Waals surface area contributed by atoms with E-state index in [9.17, 15) is 4.79 Å². The molecule has 1 aromatic heterocycles. The molecule has 0 aliphatic rings. The number of rotatable bonds is 5. The molecule has 2 aromatic rings. The third-order valence-electron chi connectivity index (χ3n) is 2.95. The van der Waals surface area contributed by atoms with Gasteiger partial charge >= 0.3 is 0 Å².